The summed E-state index contributed by atoms with van der Waals surface area (Å²) in [6.45, 7) is 2.58. The van der Waals surface area contributed by atoms with Gasteiger partial charge in [0.1, 0.15) is 0 Å². The van der Waals surface area contributed by atoms with Crippen molar-refractivity contribution in [1.29, 1.82) is 0 Å². The lowest BCUT2D eigenvalue weighted by atomic mass is 10.00. The fourth-order valence-corrected chi connectivity index (χ4v) is 6.28. The minimum absolute atomic E-state index is 0.0368. The molecule has 0 aliphatic carbocycles. The predicted octanol–water partition coefficient (Wildman–Crippen LogP) is 2.74. The van der Waals surface area contributed by atoms with Crippen LogP contribution in [0.1, 0.15) is 16.0 Å². The van der Waals surface area contributed by atoms with Gasteiger partial charge in [0.2, 0.25) is 10.0 Å². The van der Waals surface area contributed by atoms with Gasteiger partial charge in [-0.25, -0.2) is 8.42 Å². The van der Waals surface area contributed by atoms with Crippen LogP contribution in [-0.4, -0.2) is 73.9 Å². The molecule has 4 rings (SSSR count). The highest BCUT2D eigenvalue weighted by molar-refractivity contribution is 7.89. The molecule has 3 heterocycles. The summed E-state index contributed by atoms with van der Waals surface area (Å²) in [6.07, 6.45) is -3.74. The standard InChI is InChI=1S/C21H24F3N3O3S2/c22-21(23,24)20(28)26-8-5-16-3-4-19(14-17(16)15-26)32(29,30)27-11-9-25(10-12-27)7-6-18-2-1-13-31-18/h1-4,13-14H,5-12,15H2. The average molecular weight is 488 g/mol. The molecular formula is C21H24F3N3O3S2. The maximum Gasteiger partial charge on any atom is 0.471 e. The van der Waals surface area contributed by atoms with Gasteiger partial charge in [0.25, 0.3) is 0 Å². The van der Waals surface area contributed by atoms with Gasteiger partial charge in [-0.1, -0.05) is 12.1 Å². The van der Waals surface area contributed by atoms with Crippen LogP contribution in [0.15, 0.2) is 40.6 Å². The Bertz CT molecular complexity index is 1060. The fraction of sp³-hybridized carbons (Fsp3) is 0.476. The van der Waals surface area contributed by atoms with Crippen molar-refractivity contribution in [2.75, 3.05) is 39.3 Å². The number of hydrogen-bond acceptors (Lipinski definition) is 5. The molecule has 1 aromatic carbocycles. The summed E-state index contributed by atoms with van der Waals surface area (Å²) in [4.78, 5) is 15.9. The molecule has 1 fully saturated rings. The molecule has 1 amide bonds. The van der Waals surface area contributed by atoms with E-state index in [1.54, 1.807) is 17.4 Å². The topological polar surface area (TPSA) is 60.9 Å². The third-order valence-electron chi connectivity index (χ3n) is 5.94. The summed E-state index contributed by atoms with van der Waals surface area (Å²) >= 11 is 1.71. The van der Waals surface area contributed by atoms with Crippen LogP contribution >= 0.6 is 11.3 Å². The molecule has 0 bridgehead atoms. The number of thiophene rings is 1. The van der Waals surface area contributed by atoms with Gasteiger partial charge in [0.05, 0.1) is 4.90 Å². The van der Waals surface area contributed by atoms with Crippen molar-refractivity contribution < 1.29 is 26.4 Å². The van der Waals surface area contributed by atoms with E-state index in [9.17, 15) is 26.4 Å². The first-order valence-corrected chi connectivity index (χ1v) is 12.7. The second-order valence-electron chi connectivity index (χ2n) is 7.98. The molecule has 1 aromatic heterocycles. The molecule has 0 unspecified atom stereocenters. The number of amides is 1. The van der Waals surface area contributed by atoms with Crippen LogP contribution in [0.2, 0.25) is 0 Å². The average Bonchev–Trinajstić information content (AvgIpc) is 3.30. The van der Waals surface area contributed by atoms with E-state index in [-0.39, 0.29) is 24.4 Å². The van der Waals surface area contributed by atoms with E-state index in [1.807, 2.05) is 11.4 Å². The highest BCUT2D eigenvalue weighted by Gasteiger charge is 2.43. The van der Waals surface area contributed by atoms with Crippen molar-refractivity contribution in [2.45, 2.75) is 30.5 Å². The molecule has 1 saturated heterocycles. The minimum Gasteiger partial charge on any atom is -0.330 e. The molecule has 0 atom stereocenters. The van der Waals surface area contributed by atoms with Gasteiger partial charge in [-0.15, -0.1) is 11.3 Å². The largest absolute Gasteiger partial charge is 0.471 e. The number of carbonyl (C=O) groups is 1. The maximum absolute atomic E-state index is 13.1. The number of rotatable bonds is 5. The quantitative estimate of drug-likeness (QED) is 0.651. The van der Waals surface area contributed by atoms with Crippen molar-refractivity contribution in [3.63, 3.8) is 0 Å². The first-order valence-electron chi connectivity index (χ1n) is 10.4. The first-order chi connectivity index (χ1) is 15.1. The minimum atomic E-state index is -4.94. The van der Waals surface area contributed by atoms with Crippen LogP contribution in [0.4, 0.5) is 13.2 Å². The molecule has 2 aliphatic rings. The Hall–Kier alpha value is -1.95. The predicted molar refractivity (Wildman–Crippen MR) is 115 cm³/mol. The molecule has 0 saturated carbocycles. The van der Waals surface area contributed by atoms with Crippen molar-refractivity contribution >= 4 is 27.3 Å². The monoisotopic (exact) mass is 487 g/mol. The van der Waals surface area contributed by atoms with Crippen LogP contribution in [0.3, 0.4) is 0 Å². The Labute approximate surface area is 189 Å². The molecule has 174 valence electrons. The highest BCUT2D eigenvalue weighted by atomic mass is 32.2. The molecule has 0 spiro atoms. The Balaban J connectivity index is 1.41. The summed E-state index contributed by atoms with van der Waals surface area (Å²) in [5.74, 6) is -1.89. The smallest absolute Gasteiger partial charge is 0.330 e. The SMILES string of the molecule is O=C(N1CCc2ccc(S(=O)(=O)N3CCN(CCc4cccs4)CC3)cc2C1)C(F)(F)F. The zero-order valence-electron chi connectivity index (χ0n) is 17.3. The zero-order chi connectivity index (χ0) is 22.9. The lowest BCUT2D eigenvalue weighted by Gasteiger charge is -2.34. The second kappa shape index (κ2) is 9.12. The van der Waals surface area contributed by atoms with E-state index < -0.39 is 22.1 Å². The van der Waals surface area contributed by atoms with Crippen LogP contribution in [0.5, 0.6) is 0 Å². The number of sulfonamides is 1. The number of piperazine rings is 1. The molecule has 0 radical (unpaired) electrons. The van der Waals surface area contributed by atoms with Gasteiger partial charge in [0.15, 0.2) is 0 Å². The van der Waals surface area contributed by atoms with Gasteiger partial charge < -0.3 is 9.80 Å². The summed E-state index contributed by atoms with van der Waals surface area (Å²) in [5.41, 5.74) is 1.22. The summed E-state index contributed by atoms with van der Waals surface area (Å²) < 4.78 is 66.1. The number of benzene rings is 1. The van der Waals surface area contributed by atoms with Crippen molar-refractivity contribution in [3.8, 4) is 0 Å². The van der Waals surface area contributed by atoms with Gasteiger partial charge in [-0.05, 0) is 47.5 Å². The van der Waals surface area contributed by atoms with E-state index in [0.717, 1.165) is 23.4 Å². The Kier molecular flexibility index (Phi) is 6.62. The van der Waals surface area contributed by atoms with E-state index in [2.05, 4.69) is 11.0 Å². The molecule has 6 nitrogen and oxygen atoms in total. The van der Waals surface area contributed by atoms with Gasteiger partial charge in [-0.2, -0.15) is 17.5 Å². The molecule has 0 N–H and O–H groups in total. The lowest BCUT2D eigenvalue weighted by Crippen LogP contribution is -2.49. The third-order valence-corrected chi connectivity index (χ3v) is 8.77. The molecule has 2 aromatic rings. The van der Waals surface area contributed by atoms with Gasteiger partial charge in [-0.3, -0.25) is 4.79 Å². The summed E-state index contributed by atoms with van der Waals surface area (Å²) in [7, 11) is -3.76. The maximum atomic E-state index is 13.1. The number of halogens is 3. The normalized spacial score (nSPS) is 18.5. The van der Waals surface area contributed by atoms with E-state index in [4.69, 9.17) is 0 Å². The number of fused-ring (bicyclic) bond motifs is 1. The first kappa shape index (κ1) is 23.2. The highest BCUT2D eigenvalue weighted by Crippen LogP contribution is 2.28. The number of hydrogen-bond donors (Lipinski definition) is 0. The van der Waals surface area contributed by atoms with Crippen molar-refractivity contribution in [2.24, 2.45) is 0 Å². The van der Waals surface area contributed by atoms with Crippen LogP contribution in [-0.2, 0) is 34.2 Å². The molecule has 11 heteroatoms. The lowest BCUT2D eigenvalue weighted by molar-refractivity contribution is -0.186. The summed E-state index contributed by atoms with van der Waals surface area (Å²) in [6, 6.07) is 8.68. The van der Waals surface area contributed by atoms with Crippen LogP contribution in [0, 0.1) is 0 Å². The van der Waals surface area contributed by atoms with E-state index in [0.29, 0.717) is 31.7 Å². The van der Waals surface area contributed by atoms with Crippen molar-refractivity contribution in [3.05, 3.63) is 51.7 Å². The van der Waals surface area contributed by atoms with E-state index in [1.165, 1.54) is 21.3 Å². The fourth-order valence-electron chi connectivity index (χ4n) is 4.11. The van der Waals surface area contributed by atoms with Gasteiger partial charge in [0, 0.05) is 50.7 Å². The van der Waals surface area contributed by atoms with Crippen molar-refractivity contribution in [1.82, 2.24) is 14.1 Å². The molecule has 2 aliphatic heterocycles. The summed E-state index contributed by atoms with van der Waals surface area (Å²) in [5, 5.41) is 2.04. The van der Waals surface area contributed by atoms with Crippen LogP contribution < -0.4 is 0 Å². The number of carbonyl (C=O) groups excluding carboxylic acids is 1. The Morgan fingerprint density at radius 2 is 1.78 bits per heavy atom. The number of alkyl halides is 3. The second-order valence-corrected chi connectivity index (χ2v) is 11.0. The molecule has 32 heavy (non-hydrogen) atoms. The Morgan fingerprint density at radius 1 is 1.03 bits per heavy atom. The van der Waals surface area contributed by atoms with Gasteiger partial charge >= 0.3 is 12.1 Å². The van der Waals surface area contributed by atoms with Crippen LogP contribution in [0.25, 0.3) is 0 Å². The third kappa shape index (κ3) is 5.00. The van der Waals surface area contributed by atoms with E-state index >= 15 is 0 Å². The molecular weight excluding hydrogens is 463 g/mol. The Morgan fingerprint density at radius 3 is 2.44 bits per heavy atom. The number of nitrogens with zero attached hydrogens (tertiary/aromatic N) is 3. The zero-order valence-corrected chi connectivity index (χ0v) is 19.0.